The maximum atomic E-state index is 12.5. The minimum atomic E-state index is -1.71. The van der Waals surface area contributed by atoms with Crippen LogP contribution in [0, 0.1) is 0 Å². The van der Waals surface area contributed by atoms with Crippen molar-refractivity contribution in [2.24, 2.45) is 11.5 Å². The molecule has 1 heterocycles. The van der Waals surface area contributed by atoms with E-state index in [0.717, 1.165) is 16.7 Å². The number of para-hydroxylation sites is 1. The van der Waals surface area contributed by atoms with E-state index in [0.29, 0.717) is 25.1 Å². The van der Waals surface area contributed by atoms with Crippen molar-refractivity contribution in [3.05, 3.63) is 64.2 Å². The van der Waals surface area contributed by atoms with Crippen LogP contribution in [0.2, 0.25) is 0 Å². The Morgan fingerprint density at radius 1 is 1.18 bits per heavy atom. The number of hydrogen-bond donors (Lipinski definition) is 6. The van der Waals surface area contributed by atoms with E-state index >= 15 is 0 Å². The van der Waals surface area contributed by atoms with E-state index in [-0.39, 0.29) is 23.6 Å². The quantitative estimate of drug-likeness (QED) is 0.283. The number of hydrogen-bond acceptors (Lipinski definition) is 7. The predicted molar refractivity (Wildman–Crippen MR) is 104 cm³/mol. The van der Waals surface area contributed by atoms with Crippen LogP contribution in [0.4, 0.5) is 0 Å². The maximum absolute atomic E-state index is 12.5. The fourth-order valence-corrected chi connectivity index (χ4v) is 3.40. The molecule has 0 saturated carbocycles. The number of carbonyl (C=O) groups excluding carboxylic acids is 1. The Bertz CT molecular complexity index is 839. The zero-order valence-corrected chi connectivity index (χ0v) is 15.3. The van der Waals surface area contributed by atoms with E-state index in [1.807, 2.05) is 18.2 Å². The highest BCUT2D eigenvalue weighted by molar-refractivity contribution is 6.46. The molecule has 1 aliphatic rings. The molecule has 0 bridgehead atoms. The van der Waals surface area contributed by atoms with Crippen molar-refractivity contribution in [2.45, 2.75) is 38.2 Å². The number of carbonyl (C=O) groups is 1. The van der Waals surface area contributed by atoms with Crippen LogP contribution in [0.15, 0.2) is 36.4 Å². The first-order valence-corrected chi connectivity index (χ1v) is 9.05. The van der Waals surface area contributed by atoms with Crippen molar-refractivity contribution in [1.82, 2.24) is 5.32 Å². The van der Waals surface area contributed by atoms with Crippen LogP contribution in [-0.4, -0.2) is 34.2 Å². The van der Waals surface area contributed by atoms with Gasteiger partial charge in [0.2, 0.25) is 5.91 Å². The second-order valence-corrected chi connectivity index (χ2v) is 6.84. The van der Waals surface area contributed by atoms with Gasteiger partial charge in [0, 0.05) is 18.7 Å². The maximum Gasteiger partial charge on any atom is 0.547 e. The third kappa shape index (κ3) is 4.52. The smallest absolute Gasteiger partial charge is 0.534 e. The Hall–Kier alpha value is -2.43. The standard InChI is InChI=1S/C19H24BN3O5/c21-9-12-4-11(5-13(6-12)10-22)7-17(24)23-16-8-14-2-1-3-15(19(25)26)18(14)28-20(16)27/h1-6,16,19,25-27H,7-10,21-22H2,(H,23,24). The van der Waals surface area contributed by atoms with Gasteiger partial charge in [-0.2, -0.15) is 0 Å². The summed E-state index contributed by atoms with van der Waals surface area (Å²) in [6.45, 7) is 0.709. The van der Waals surface area contributed by atoms with E-state index in [4.69, 9.17) is 16.1 Å². The molecule has 0 radical (unpaired) electrons. The third-order valence-electron chi connectivity index (χ3n) is 4.72. The molecule has 1 unspecified atom stereocenters. The van der Waals surface area contributed by atoms with Crippen molar-refractivity contribution in [3.63, 3.8) is 0 Å². The number of fused-ring (bicyclic) bond motifs is 1. The lowest BCUT2D eigenvalue weighted by Gasteiger charge is -2.29. The molecular weight excluding hydrogens is 361 g/mol. The van der Waals surface area contributed by atoms with E-state index in [9.17, 15) is 20.0 Å². The second-order valence-electron chi connectivity index (χ2n) is 6.84. The predicted octanol–water partition coefficient (Wildman–Crippen LogP) is -0.731. The lowest BCUT2D eigenvalue weighted by Crippen LogP contribution is -2.53. The lowest BCUT2D eigenvalue weighted by molar-refractivity contribution is -0.120. The van der Waals surface area contributed by atoms with Crippen LogP contribution in [0.3, 0.4) is 0 Å². The van der Waals surface area contributed by atoms with Gasteiger partial charge in [0.15, 0.2) is 6.29 Å². The molecule has 3 rings (SSSR count). The monoisotopic (exact) mass is 385 g/mol. The van der Waals surface area contributed by atoms with Gasteiger partial charge in [0.05, 0.1) is 12.4 Å². The number of aliphatic hydroxyl groups excluding tert-OH is 1. The van der Waals surface area contributed by atoms with Gasteiger partial charge in [-0.3, -0.25) is 4.79 Å². The van der Waals surface area contributed by atoms with Gasteiger partial charge in [-0.1, -0.05) is 36.4 Å². The molecule has 1 atom stereocenters. The zero-order chi connectivity index (χ0) is 20.3. The first kappa shape index (κ1) is 20.3. The van der Waals surface area contributed by atoms with Gasteiger partial charge in [0.1, 0.15) is 5.75 Å². The number of aliphatic hydroxyl groups is 2. The second kappa shape index (κ2) is 8.72. The van der Waals surface area contributed by atoms with Crippen LogP contribution in [-0.2, 0) is 30.7 Å². The molecule has 0 saturated heterocycles. The van der Waals surface area contributed by atoms with E-state index in [2.05, 4.69) is 5.32 Å². The van der Waals surface area contributed by atoms with Crippen molar-refractivity contribution < 1.29 is 24.7 Å². The van der Waals surface area contributed by atoms with E-state index < -0.39 is 19.3 Å². The van der Waals surface area contributed by atoms with Crippen LogP contribution in [0.25, 0.3) is 0 Å². The van der Waals surface area contributed by atoms with Gasteiger partial charge < -0.3 is 36.7 Å². The molecule has 0 aromatic heterocycles. The summed E-state index contributed by atoms with van der Waals surface area (Å²) in [5, 5.41) is 31.9. The number of benzene rings is 2. The van der Waals surface area contributed by atoms with Crippen LogP contribution >= 0.6 is 0 Å². The van der Waals surface area contributed by atoms with Crippen LogP contribution in [0.1, 0.15) is 34.1 Å². The number of nitrogens with two attached hydrogens (primary N) is 2. The molecule has 8 nitrogen and oxygen atoms in total. The van der Waals surface area contributed by atoms with Gasteiger partial charge in [-0.15, -0.1) is 0 Å². The summed E-state index contributed by atoms with van der Waals surface area (Å²) in [6.07, 6.45) is -1.29. The largest absolute Gasteiger partial charge is 0.547 e. The van der Waals surface area contributed by atoms with Crippen molar-refractivity contribution >= 4 is 13.0 Å². The van der Waals surface area contributed by atoms with Crippen molar-refractivity contribution in [1.29, 1.82) is 0 Å². The molecule has 0 aliphatic carbocycles. The first-order valence-electron chi connectivity index (χ1n) is 9.05. The summed E-state index contributed by atoms with van der Waals surface area (Å²) in [5.74, 6) is -0.692. The summed E-state index contributed by atoms with van der Waals surface area (Å²) >= 11 is 0. The number of rotatable bonds is 6. The molecule has 1 aliphatic heterocycles. The molecule has 0 spiro atoms. The Labute approximate surface area is 163 Å². The Morgan fingerprint density at radius 2 is 1.82 bits per heavy atom. The first-order chi connectivity index (χ1) is 13.4. The zero-order valence-electron chi connectivity index (χ0n) is 15.3. The van der Waals surface area contributed by atoms with E-state index in [1.165, 1.54) is 6.07 Å². The Kier molecular flexibility index (Phi) is 6.33. The van der Waals surface area contributed by atoms with Crippen molar-refractivity contribution in [3.8, 4) is 5.75 Å². The summed E-state index contributed by atoms with van der Waals surface area (Å²) in [7, 11) is -1.30. The summed E-state index contributed by atoms with van der Waals surface area (Å²) in [4.78, 5) is 12.5. The Morgan fingerprint density at radius 3 is 2.43 bits per heavy atom. The molecule has 8 N–H and O–H groups in total. The fraction of sp³-hybridized carbons (Fsp3) is 0.316. The van der Waals surface area contributed by atoms with Crippen LogP contribution < -0.4 is 21.4 Å². The van der Waals surface area contributed by atoms with Gasteiger partial charge in [0.25, 0.3) is 0 Å². The Balaban J connectivity index is 1.71. The van der Waals surface area contributed by atoms with Gasteiger partial charge in [-0.05, 0) is 28.7 Å². The molecule has 1 amide bonds. The highest BCUT2D eigenvalue weighted by Crippen LogP contribution is 2.32. The highest BCUT2D eigenvalue weighted by atomic mass is 16.5. The lowest BCUT2D eigenvalue weighted by atomic mass is 9.72. The minimum Gasteiger partial charge on any atom is -0.534 e. The fourth-order valence-electron chi connectivity index (χ4n) is 3.40. The molecular formula is C19H24BN3O5. The summed E-state index contributed by atoms with van der Waals surface area (Å²) in [5.41, 5.74) is 14.8. The topological polar surface area (TPSA) is 151 Å². The SMILES string of the molecule is NCc1cc(CN)cc(CC(=O)NC2Cc3cccc(C(O)O)c3OB2O)c1. The van der Waals surface area contributed by atoms with E-state index in [1.54, 1.807) is 12.1 Å². The average Bonchev–Trinajstić information content (AvgIpc) is 2.67. The van der Waals surface area contributed by atoms with Crippen LogP contribution in [0.5, 0.6) is 5.75 Å². The number of amides is 1. The number of nitrogens with one attached hydrogen (secondary N) is 1. The van der Waals surface area contributed by atoms with Gasteiger partial charge >= 0.3 is 7.12 Å². The van der Waals surface area contributed by atoms with Gasteiger partial charge in [-0.25, -0.2) is 0 Å². The molecule has 9 heteroatoms. The molecule has 2 aromatic carbocycles. The molecule has 28 heavy (non-hydrogen) atoms. The average molecular weight is 385 g/mol. The summed E-state index contributed by atoms with van der Waals surface area (Å²) in [6, 6.07) is 10.6. The normalized spacial score (nSPS) is 15.9. The molecule has 2 aromatic rings. The highest BCUT2D eigenvalue weighted by Gasteiger charge is 2.37. The molecule has 0 fully saturated rings. The summed E-state index contributed by atoms with van der Waals surface area (Å²) < 4.78 is 5.45. The molecule has 148 valence electrons. The third-order valence-corrected chi connectivity index (χ3v) is 4.72. The van der Waals surface area contributed by atoms with Crippen molar-refractivity contribution in [2.75, 3.05) is 0 Å². The minimum absolute atomic E-state index is 0.117.